The zero-order valence-corrected chi connectivity index (χ0v) is 13.6. The molecule has 1 atom stereocenters. The lowest BCUT2D eigenvalue weighted by Crippen LogP contribution is -2.22. The fourth-order valence-corrected chi connectivity index (χ4v) is 3.30. The standard InChI is InChI=1S/C20H25FO/c1-4-14-8-9-20(3,12-14)13-22-19-11-18(21)15(5-2)10-17(19)16-6-7-16/h5,8,10-11,16H,2,4,6-7,9,12-13H2,1,3H3. The predicted octanol–water partition coefficient (Wildman–Crippen LogP) is 5.86. The summed E-state index contributed by atoms with van der Waals surface area (Å²) in [6.07, 6.45) is 9.55. The van der Waals surface area contributed by atoms with Gasteiger partial charge in [0.2, 0.25) is 0 Å². The average molecular weight is 300 g/mol. The second-order valence-electron chi connectivity index (χ2n) is 7.09. The molecule has 0 aromatic heterocycles. The van der Waals surface area contributed by atoms with Crippen LogP contribution < -0.4 is 4.74 Å². The lowest BCUT2D eigenvalue weighted by Gasteiger charge is -2.25. The molecule has 0 N–H and O–H groups in total. The Bertz CT molecular complexity index is 612. The van der Waals surface area contributed by atoms with Crippen LogP contribution in [0.25, 0.3) is 6.08 Å². The largest absolute Gasteiger partial charge is 0.493 e. The molecule has 1 unspecified atom stereocenters. The van der Waals surface area contributed by atoms with Crippen LogP contribution in [-0.2, 0) is 0 Å². The highest BCUT2D eigenvalue weighted by molar-refractivity contribution is 5.54. The van der Waals surface area contributed by atoms with Crippen LogP contribution in [0.5, 0.6) is 5.75 Å². The van der Waals surface area contributed by atoms with Gasteiger partial charge in [-0.2, -0.15) is 0 Å². The fraction of sp³-hybridized carbons (Fsp3) is 0.500. The summed E-state index contributed by atoms with van der Waals surface area (Å²) >= 11 is 0. The van der Waals surface area contributed by atoms with Crippen LogP contribution in [0.3, 0.4) is 0 Å². The van der Waals surface area contributed by atoms with E-state index in [4.69, 9.17) is 4.74 Å². The van der Waals surface area contributed by atoms with Crippen molar-refractivity contribution in [2.75, 3.05) is 6.61 Å². The molecule has 1 nitrogen and oxygen atoms in total. The van der Waals surface area contributed by atoms with Crippen molar-refractivity contribution in [1.29, 1.82) is 0 Å². The van der Waals surface area contributed by atoms with Gasteiger partial charge in [0.05, 0.1) is 6.61 Å². The van der Waals surface area contributed by atoms with E-state index in [9.17, 15) is 4.39 Å². The average Bonchev–Trinajstić information content (AvgIpc) is 3.28. The van der Waals surface area contributed by atoms with Gasteiger partial charge in [0.25, 0.3) is 0 Å². The second-order valence-corrected chi connectivity index (χ2v) is 7.09. The zero-order chi connectivity index (χ0) is 15.7. The molecule has 1 aromatic rings. The third-order valence-corrected chi connectivity index (χ3v) is 4.93. The van der Waals surface area contributed by atoms with Crippen molar-refractivity contribution in [3.63, 3.8) is 0 Å². The van der Waals surface area contributed by atoms with Crippen molar-refractivity contribution in [3.05, 3.63) is 47.3 Å². The molecule has 2 aliphatic rings. The van der Waals surface area contributed by atoms with E-state index in [1.807, 2.05) is 6.07 Å². The van der Waals surface area contributed by atoms with Crippen molar-refractivity contribution in [2.24, 2.45) is 5.41 Å². The summed E-state index contributed by atoms with van der Waals surface area (Å²) < 4.78 is 20.2. The van der Waals surface area contributed by atoms with Gasteiger partial charge in [-0.15, -0.1) is 0 Å². The molecule has 3 rings (SSSR count). The number of rotatable bonds is 6. The van der Waals surface area contributed by atoms with Crippen LogP contribution >= 0.6 is 0 Å². The van der Waals surface area contributed by atoms with Crippen molar-refractivity contribution >= 4 is 6.08 Å². The normalized spacial score (nSPS) is 24.2. The van der Waals surface area contributed by atoms with Crippen LogP contribution in [0.4, 0.5) is 4.39 Å². The number of halogens is 1. The summed E-state index contributed by atoms with van der Waals surface area (Å²) in [7, 11) is 0. The molecular formula is C20H25FO. The summed E-state index contributed by atoms with van der Waals surface area (Å²) in [5.41, 5.74) is 3.40. The van der Waals surface area contributed by atoms with E-state index in [1.165, 1.54) is 18.4 Å². The lowest BCUT2D eigenvalue weighted by molar-refractivity contribution is 0.170. The number of hydrogen-bond acceptors (Lipinski definition) is 1. The highest BCUT2D eigenvalue weighted by Crippen LogP contribution is 2.46. The monoisotopic (exact) mass is 300 g/mol. The van der Waals surface area contributed by atoms with Gasteiger partial charge < -0.3 is 4.74 Å². The van der Waals surface area contributed by atoms with Crippen molar-refractivity contribution in [2.45, 2.75) is 51.9 Å². The van der Waals surface area contributed by atoms with Crippen molar-refractivity contribution in [3.8, 4) is 5.75 Å². The molecule has 2 heteroatoms. The van der Waals surface area contributed by atoms with Crippen LogP contribution in [0.15, 0.2) is 30.4 Å². The van der Waals surface area contributed by atoms with E-state index in [1.54, 1.807) is 12.1 Å². The third kappa shape index (κ3) is 3.11. The molecule has 1 saturated carbocycles. The first-order valence-electron chi connectivity index (χ1n) is 8.31. The fourth-order valence-electron chi connectivity index (χ4n) is 3.30. The Morgan fingerprint density at radius 2 is 2.18 bits per heavy atom. The maximum Gasteiger partial charge on any atom is 0.134 e. The van der Waals surface area contributed by atoms with Gasteiger partial charge in [-0.1, -0.05) is 38.2 Å². The van der Waals surface area contributed by atoms with Crippen LogP contribution in [0.2, 0.25) is 0 Å². The Morgan fingerprint density at radius 1 is 1.41 bits per heavy atom. The van der Waals surface area contributed by atoms with Crippen LogP contribution in [0.1, 0.15) is 63.0 Å². The Labute approximate surface area is 132 Å². The lowest BCUT2D eigenvalue weighted by atomic mass is 9.87. The highest BCUT2D eigenvalue weighted by Gasteiger charge is 2.32. The van der Waals surface area contributed by atoms with Gasteiger partial charge in [0.15, 0.2) is 0 Å². The van der Waals surface area contributed by atoms with Crippen molar-refractivity contribution in [1.82, 2.24) is 0 Å². The van der Waals surface area contributed by atoms with E-state index in [0.717, 1.165) is 30.6 Å². The minimum atomic E-state index is -0.238. The molecule has 118 valence electrons. The number of ether oxygens (including phenoxy) is 1. The first-order chi connectivity index (χ1) is 10.5. The maximum absolute atomic E-state index is 14.1. The van der Waals surface area contributed by atoms with E-state index in [0.29, 0.717) is 18.1 Å². The summed E-state index contributed by atoms with van der Waals surface area (Å²) in [6.45, 7) is 8.81. The molecule has 22 heavy (non-hydrogen) atoms. The summed E-state index contributed by atoms with van der Waals surface area (Å²) in [5, 5.41) is 0. The smallest absolute Gasteiger partial charge is 0.134 e. The minimum absolute atomic E-state index is 0.153. The van der Waals surface area contributed by atoms with Gasteiger partial charge in [-0.25, -0.2) is 4.39 Å². The molecule has 0 amide bonds. The zero-order valence-electron chi connectivity index (χ0n) is 13.6. The summed E-state index contributed by atoms with van der Waals surface area (Å²) in [5.74, 6) is 1.03. The predicted molar refractivity (Wildman–Crippen MR) is 89.7 cm³/mol. The first kappa shape index (κ1) is 15.3. The van der Waals surface area contributed by atoms with Gasteiger partial charge in [-0.3, -0.25) is 0 Å². The number of allylic oxidation sites excluding steroid dienone is 2. The molecule has 0 aliphatic heterocycles. The van der Waals surface area contributed by atoms with Gasteiger partial charge in [-0.05, 0) is 49.7 Å². The van der Waals surface area contributed by atoms with E-state index in [2.05, 4.69) is 26.5 Å². The Hall–Kier alpha value is -1.57. The Balaban J connectivity index is 1.75. The van der Waals surface area contributed by atoms with Gasteiger partial charge >= 0.3 is 0 Å². The summed E-state index contributed by atoms with van der Waals surface area (Å²) in [4.78, 5) is 0. The molecule has 0 spiro atoms. The minimum Gasteiger partial charge on any atom is -0.493 e. The molecule has 2 aliphatic carbocycles. The Morgan fingerprint density at radius 3 is 2.77 bits per heavy atom. The number of benzene rings is 1. The van der Waals surface area contributed by atoms with E-state index >= 15 is 0 Å². The molecule has 0 radical (unpaired) electrons. The molecule has 1 fully saturated rings. The van der Waals surface area contributed by atoms with E-state index < -0.39 is 0 Å². The third-order valence-electron chi connectivity index (χ3n) is 4.93. The Kier molecular flexibility index (Phi) is 4.12. The van der Waals surface area contributed by atoms with Crippen LogP contribution in [-0.4, -0.2) is 6.61 Å². The highest BCUT2D eigenvalue weighted by atomic mass is 19.1. The number of hydrogen-bond donors (Lipinski definition) is 0. The molecular weight excluding hydrogens is 275 g/mol. The van der Waals surface area contributed by atoms with Crippen molar-refractivity contribution < 1.29 is 9.13 Å². The van der Waals surface area contributed by atoms with Gasteiger partial charge in [0.1, 0.15) is 11.6 Å². The SMILES string of the molecule is C=Cc1cc(C2CC2)c(OCC2(C)CC=C(CC)C2)cc1F. The van der Waals surface area contributed by atoms with Crippen LogP contribution in [0, 0.1) is 11.2 Å². The second kappa shape index (κ2) is 5.91. The first-order valence-corrected chi connectivity index (χ1v) is 8.31. The molecule has 1 aromatic carbocycles. The topological polar surface area (TPSA) is 9.23 Å². The molecule has 0 bridgehead atoms. The molecule has 0 saturated heterocycles. The van der Waals surface area contributed by atoms with Gasteiger partial charge in [0, 0.05) is 17.0 Å². The molecule has 0 heterocycles. The van der Waals surface area contributed by atoms with E-state index in [-0.39, 0.29) is 11.2 Å². The summed E-state index contributed by atoms with van der Waals surface area (Å²) in [6, 6.07) is 3.47. The quantitative estimate of drug-likeness (QED) is 0.598. The maximum atomic E-state index is 14.1.